The van der Waals surface area contributed by atoms with Crippen LogP contribution in [0.25, 0.3) is 0 Å². The van der Waals surface area contributed by atoms with Crippen molar-refractivity contribution in [1.82, 2.24) is 20.7 Å². The van der Waals surface area contributed by atoms with Gasteiger partial charge in [0.1, 0.15) is 0 Å². The van der Waals surface area contributed by atoms with Crippen molar-refractivity contribution >= 4 is 23.8 Å². The van der Waals surface area contributed by atoms with Crippen LogP contribution in [0.5, 0.6) is 5.75 Å². The molecule has 0 aromatic heterocycles. The number of rotatable bonds is 4. The lowest BCUT2D eigenvalue weighted by molar-refractivity contribution is -0.136. The van der Waals surface area contributed by atoms with Crippen LogP contribution in [0.15, 0.2) is 18.2 Å². The highest BCUT2D eigenvalue weighted by atomic mass is 19.1. The molecular formula is C19H23FN4O6. The van der Waals surface area contributed by atoms with Gasteiger partial charge >= 0.3 is 6.09 Å². The molecule has 0 saturated carbocycles. The Kier molecular flexibility index (Phi) is 6.38. The van der Waals surface area contributed by atoms with E-state index in [1.807, 2.05) is 0 Å². The summed E-state index contributed by atoms with van der Waals surface area (Å²) in [5.74, 6) is -2.36. The quantitative estimate of drug-likeness (QED) is 0.614. The van der Waals surface area contributed by atoms with Gasteiger partial charge in [-0.05, 0) is 31.0 Å². The smallest absolute Gasteiger partial charge is 0.407 e. The Morgan fingerprint density at radius 1 is 1.13 bits per heavy atom. The van der Waals surface area contributed by atoms with Crippen LogP contribution >= 0.6 is 0 Å². The average molecular weight is 422 g/mol. The van der Waals surface area contributed by atoms with E-state index in [0.717, 1.165) is 6.07 Å². The monoisotopic (exact) mass is 422 g/mol. The zero-order valence-electron chi connectivity index (χ0n) is 16.4. The Labute approximate surface area is 171 Å². The van der Waals surface area contributed by atoms with Crippen LogP contribution in [0.4, 0.5) is 9.18 Å². The lowest BCUT2D eigenvalue weighted by Gasteiger charge is -2.35. The van der Waals surface area contributed by atoms with Gasteiger partial charge in [-0.15, -0.1) is 0 Å². The van der Waals surface area contributed by atoms with E-state index in [1.54, 1.807) is 4.90 Å². The van der Waals surface area contributed by atoms with Gasteiger partial charge < -0.3 is 19.6 Å². The predicted octanol–water partition coefficient (Wildman–Crippen LogP) is 0.729. The third-order valence-electron chi connectivity index (χ3n) is 5.18. The maximum absolute atomic E-state index is 14.4. The molecule has 1 aromatic carbocycles. The first-order valence-electron chi connectivity index (χ1n) is 9.57. The molecule has 1 atom stereocenters. The minimum absolute atomic E-state index is 0.0156. The summed E-state index contributed by atoms with van der Waals surface area (Å²) in [6.45, 7) is 2.41. The third-order valence-corrected chi connectivity index (χ3v) is 5.18. The summed E-state index contributed by atoms with van der Waals surface area (Å²) < 4.78 is 19.9. The van der Waals surface area contributed by atoms with Crippen molar-refractivity contribution in [2.24, 2.45) is 0 Å². The molecule has 2 aliphatic heterocycles. The van der Waals surface area contributed by atoms with E-state index in [1.165, 1.54) is 24.0 Å². The van der Waals surface area contributed by atoms with Crippen LogP contribution in [0.2, 0.25) is 0 Å². The standard InChI is InChI=1S/C19H23FN4O6/c1-11(25)21-22-17(26)12-2-3-15(14(20)10-12)30-16-6-9-24(18(16)27)13-4-7-23(8-5-13)19(28)29/h2-3,10,13,16H,4-9H2,1H3,(H,21,25)(H,22,26)(H,28,29)/t16-/m0/s1. The average Bonchev–Trinajstić information content (AvgIpc) is 3.07. The Hall–Kier alpha value is -3.37. The second-order valence-electron chi connectivity index (χ2n) is 7.21. The molecule has 10 nitrogen and oxygen atoms in total. The van der Waals surface area contributed by atoms with Gasteiger partial charge in [-0.1, -0.05) is 0 Å². The van der Waals surface area contributed by atoms with E-state index in [9.17, 15) is 23.6 Å². The van der Waals surface area contributed by atoms with Crippen LogP contribution in [0, 0.1) is 5.82 Å². The van der Waals surface area contributed by atoms with Gasteiger partial charge in [0.05, 0.1) is 0 Å². The molecule has 1 aromatic rings. The molecule has 2 heterocycles. The number of piperidine rings is 1. The first-order chi connectivity index (χ1) is 14.3. The summed E-state index contributed by atoms with van der Waals surface area (Å²) in [5.41, 5.74) is 4.22. The lowest BCUT2D eigenvalue weighted by Crippen LogP contribution is -2.48. The van der Waals surface area contributed by atoms with E-state index in [-0.39, 0.29) is 23.3 Å². The lowest BCUT2D eigenvalue weighted by atomic mass is 10.0. The highest BCUT2D eigenvalue weighted by Crippen LogP contribution is 2.27. The zero-order chi connectivity index (χ0) is 21.8. The molecular weight excluding hydrogens is 399 g/mol. The number of amides is 4. The van der Waals surface area contributed by atoms with E-state index in [0.29, 0.717) is 38.9 Å². The van der Waals surface area contributed by atoms with Gasteiger partial charge in [0.25, 0.3) is 11.8 Å². The number of hydrazine groups is 1. The summed E-state index contributed by atoms with van der Waals surface area (Å²) in [4.78, 5) is 49.4. The van der Waals surface area contributed by atoms with Gasteiger partial charge in [0.15, 0.2) is 17.7 Å². The largest absolute Gasteiger partial charge is 0.477 e. The van der Waals surface area contributed by atoms with Gasteiger partial charge in [-0.25, -0.2) is 9.18 Å². The topological polar surface area (TPSA) is 128 Å². The molecule has 2 aliphatic rings. The van der Waals surface area contributed by atoms with Crippen molar-refractivity contribution in [3.05, 3.63) is 29.6 Å². The number of carbonyl (C=O) groups is 4. The fourth-order valence-electron chi connectivity index (χ4n) is 3.62. The fraction of sp³-hybridized carbons (Fsp3) is 0.474. The minimum Gasteiger partial charge on any atom is -0.477 e. The maximum atomic E-state index is 14.4. The Balaban J connectivity index is 1.58. The normalized spacial score (nSPS) is 19.5. The van der Waals surface area contributed by atoms with Crippen molar-refractivity contribution in [2.75, 3.05) is 19.6 Å². The molecule has 0 bridgehead atoms. The van der Waals surface area contributed by atoms with Gasteiger partial charge in [-0.3, -0.25) is 25.2 Å². The molecule has 0 aliphatic carbocycles. The highest BCUT2D eigenvalue weighted by Gasteiger charge is 2.39. The van der Waals surface area contributed by atoms with Crippen molar-refractivity contribution in [3.63, 3.8) is 0 Å². The van der Waals surface area contributed by atoms with E-state index >= 15 is 0 Å². The first kappa shape index (κ1) is 21.3. The van der Waals surface area contributed by atoms with Gasteiger partial charge in [0.2, 0.25) is 5.91 Å². The summed E-state index contributed by atoms with van der Waals surface area (Å²) in [5, 5.41) is 9.03. The van der Waals surface area contributed by atoms with E-state index in [4.69, 9.17) is 9.84 Å². The molecule has 11 heteroatoms. The molecule has 0 spiro atoms. The molecule has 30 heavy (non-hydrogen) atoms. The molecule has 0 radical (unpaired) electrons. The fourth-order valence-corrected chi connectivity index (χ4v) is 3.62. The Morgan fingerprint density at radius 2 is 1.83 bits per heavy atom. The van der Waals surface area contributed by atoms with Crippen LogP contribution in [0.3, 0.4) is 0 Å². The molecule has 2 saturated heterocycles. The molecule has 3 N–H and O–H groups in total. The Morgan fingerprint density at radius 3 is 2.43 bits per heavy atom. The molecule has 4 amide bonds. The number of nitrogens with zero attached hydrogens (tertiary/aromatic N) is 2. The van der Waals surface area contributed by atoms with Crippen LogP contribution in [0.1, 0.15) is 36.5 Å². The second kappa shape index (κ2) is 8.97. The first-order valence-corrected chi connectivity index (χ1v) is 9.57. The number of likely N-dealkylation sites (tertiary alicyclic amines) is 2. The SMILES string of the molecule is CC(=O)NNC(=O)c1ccc(O[C@H]2CCN(C3CCN(C(=O)O)CC3)C2=O)c(F)c1. The van der Waals surface area contributed by atoms with E-state index < -0.39 is 29.8 Å². The summed E-state index contributed by atoms with van der Waals surface area (Å²) in [6, 6.07) is 3.49. The van der Waals surface area contributed by atoms with Crippen molar-refractivity contribution in [1.29, 1.82) is 0 Å². The number of hydrogen-bond donors (Lipinski definition) is 3. The molecule has 3 rings (SSSR count). The van der Waals surface area contributed by atoms with Crippen LogP contribution in [-0.2, 0) is 9.59 Å². The number of hydrogen-bond acceptors (Lipinski definition) is 5. The van der Waals surface area contributed by atoms with E-state index in [2.05, 4.69) is 10.9 Å². The number of carbonyl (C=O) groups excluding carboxylic acids is 3. The highest BCUT2D eigenvalue weighted by molar-refractivity contribution is 5.95. The third kappa shape index (κ3) is 4.78. The molecule has 162 valence electrons. The minimum atomic E-state index is -0.966. The van der Waals surface area contributed by atoms with Crippen molar-refractivity contribution in [3.8, 4) is 5.75 Å². The number of ether oxygens (including phenoxy) is 1. The summed E-state index contributed by atoms with van der Waals surface area (Å²) in [7, 11) is 0. The zero-order valence-corrected chi connectivity index (χ0v) is 16.4. The number of halogens is 1. The van der Waals surface area contributed by atoms with Crippen molar-refractivity contribution < 1.29 is 33.4 Å². The Bertz CT molecular complexity index is 855. The number of carboxylic acid groups (broad SMARTS) is 1. The maximum Gasteiger partial charge on any atom is 0.407 e. The molecule has 0 unspecified atom stereocenters. The van der Waals surface area contributed by atoms with Gasteiger partial charge in [-0.2, -0.15) is 0 Å². The van der Waals surface area contributed by atoms with Gasteiger partial charge in [0, 0.05) is 44.6 Å². The van der Waals surface area contributed by atoms with Crippen LogP contribution in [-0.4, -0.2) is 70.5 Å². The summed E-state index contributed by atoms with van der Waals surface area (Å²) >= 11 is 0. The second-order valence-corrected chi connectivity index (χ2v) is 7.21. The summed E-state index contributed by atoms with van der Waals surface area (Å²) in [6.07, 6.45) is -0.306. The number of nitrogens with one attached hydrogen (secondary N) is 2. The molecule has 2 fully saturated rings. The van der Waals surface area contributed by atoms with Crippen LogP contribution < -0.4 is 15.6 Å². The predicted molar refractivity (Wildman–Crippen MR) is 101 cm³/mol. The van der Waals surface area contributed by atoms with Crippen molar-refractivity contribution in [2.45, 2.75) is 38.3 Å². The number of benzene rings is 1.